The van der Waals surface area contributed by atoms with Crippen LogP contribution in [0.15, 0.2) is 16.6 Å². The van der Waals surface area contributed by atoms with E-state index < -0.39 is 5.82 Å². The summed E-state index contributed by atoms with van der Waals surface area (Å²) >= 11 is 3.26. The first-order valence-corrected chi connectivity index (χ1v) is 6.32. The molecule has 0 saturated heterocycles. The Morgan fingerprint density at radius 2 is 2.12 bits per heavy atom. The minimum absolute atomic E-state index is 0.0991. The molecular formula is C13H15BrFN. The summed E-state index contributed by atoms with van der Waals surface area (Å²) in [6, 6.07) is 5.27. The number of hydrogen-bond donors (Lipinski definition) is 0. The van der Waals surface area contributed by atoms with E-state index in [2.05, 4.69) is 29.8 Å². The Balaban J connectivity index is 3.16. The molecule has 0 spiro atoms. The van der Waals surface area contributed by atoms with Gasteiger partial charge in [-0.25, -0.2) is 4.39 Å². The lowest BCUT2D eigenvalue weighted by molar-refractivity contribution is 0.574. The third-order valence-corrected chi connectivity index (χ3v) is 3.61. The number of nitrogens with zero attached hydrogens (tertiary/aromatic N) is 1. The molecule has 0 fully saturated rings. The van der Waals surface area contributed by atoms with Gasteiger partial charge in [0.2, 0.25) is 0 Å². The predicted molar refractivity (Wildman–Crippen MR) is 66.8 cm³/mol. The molecule has 1 aromatic rings. The van der Waals surface area contributed by atoms with Crippen LogP contribution >= 0.6 is 15.9 Å². The summed E-state index contributed by atoms with van der Waals surface area (Å²) in [5.41, 5.74) is 1.07. The molecule has 1 atom stereocenters. The summed E-state index contributed by atoms with van der Waals surface area (Å²) in [6.45, 7) is 4.22. The zero-order valence-corrected chi connectivity index (χ0v) is 11.1. The molecule has 0 aliphatic carbocycles. The van der Waals surface area contributed by atoms with Crippen LogP contribution in [-0.2, 0) is 0 Å². The molecule has 1 aromatic carbocycles. The Kier molecular flexibility index (Phi) is 4.95. The first kappa shape index (κ1) is 13.2. The Morgan fingerprint density at radius 1 is 1.44 bits per heavy atom. The minimum Gasteiger partial charge on any atom is -0.204 e. The summed E-state index contributed by atoms with van der Waals surface area (Å²) in [4.78, 5) is 0. The van der Waals surface area contributed by atoms with Crippen LogP contribution in [0.1, 0.15) is 50.2 Å². The van der Waals surface area contributed by atoms with Crippen LogP contribution in [0.4, 0.5) is 4.39 Å². The Labute approximate surface area is 104 Å². The highest BCUT2D eigenvalue weighted by atomic mass is 79.9. The first-order valence-electron chi connectivity index (χ1n) is 5.53. The molecule has 3 heteroatoms. The maximum absolute atomic E-state index is 13.7. The van der Waals surface area contributed by atoms with Crippen molar-refractivity contribution >= 4 is 15.9 Å². The van der Waals surface area contributed by atoms with Gasteiger partial charge in [0.25, 0.3) is 0 Å². The Bertz CT molecular complexity index is 409. The maximum Gasteiger partial charge on any atom is 0.155 e. The highest BCUT2D eigenvalue weighted by molar-refractivity contribution is 9.10. The van der Waals surface area contributed by atoms with E-state index in [-0.39, 0.29) is 5.56 Å². The summed E-state index contributed by atoms with van der Waals surface area (Å²) in [7, 11) is 0. The Morgan fingerprint density at radius 3 is 2.62 bits per heavy atom. The van der Waals surface area contributed by atoms with Crippen molar-refractivity contribution in [3.8, 4) is 6.07 Å². The summed E-state index contributed by atoms with van der Waals surface area (Å²) in [5, 5.41) is 8.72. The molecule has 0 bridgehead atoms. The van der Waals surface area contributed by atoms with Crippen LogP contribution in [0.5, 0.6) is 0 Å². The zero-order chi connectivity index (χ0) is 12.1. The summed E-state index contributed by atoms with van der Waals surface area (Å²) in [5.74, 6) is -0.0730. The van der Waals surface area contributed by atoms with E-state index in [0.717, 1.165) is 24.8 Å². The van der Waals surface area contributed by atoms with Gasteiger partial charge >= 0.3 is 0 Å². The summed E-state index contributed by atoms with van der Waals surface area (Å²) < 4.78 is 14.2. The lowest BCUT2D eigenvalue weighted by atomic mass is 9.91. The van der Waals surface area contributed by atoms with E-state index in [9.17, 15) is 4.39 Å². The zero-order valence-electron chi connectivity index (χ0n) is 9.56. The normalized spacial score (nSPS) is 12.2. The van der Waals surface area contributed by atoms with Gasteiger partial charge in [-0.1, -0.05) is 26.3 Å². The van der Waals surface area contributed by atoms with E-state index in [1.165, 1.54) is 0 Å². The molecule has 0 N–H and O–H groups in total. The fourth-order valence-corrected chi connectivity index (χ4v) is 2.56. The molecule has 0 aromatic heterocycles. The van der Waals surface area contributed by atoms with Crippen LogP contribution in [0, 0.1) is 17.1 Å². The molecule has 0 radical (unpaired) electrons. The van der Waals surface area contributed by atoms with Crippen molar-refractivity contribution in [3.05, 3.63) is 33.5 Å². The lowest BCUT2D eigenvalue weighted by Gasteiger charge is -2.16. The van der Waals surface area contributed by atoms with E-state index in [1.54, 1.807) is 6.07 Å². The average molecular weight is 284 g/mol. The van der Waals surface area contributed by atoms with E-state index in [1.807, 2.05) is 12.1 Å². The molecular weight excluding hydrogens is 269 g/mol. The maximum atomic E-state index is 13.7. The smallest absolute Gasteiger partial charge is 0.155 e. The van der Waals surface area contributed by atoms with Gasteiger partial charge < -0.3 is 0 Å². The number of halogens is 2. The van der Waals surface area contributed by atoms with Crippen molar-refractivity contribution in [2.75, 3.05) is 0 Å². The van der Waals surface area contributed by atoms with Gasteiger partial charge in [0.15, 0.2) is 5.82 Å². The quantitative estimate of drug-likeness (QED) is 0.782. The van der Waals surface area contributed by atoms with Crippen LogP contribution in [0.2, 0.25) is 0 Å². The number of hydrogen-bond acceptors (Lipinski definition) is 1. The van der Waals surface area contributed by atoms with Crippen molar-refractivity contribution in [3.63, 3.8) is 0 Å². The molecule has 0 aliphatic rings. The third kappa shape index (κ3) is 2.62. The second-order valence-corrected chi connectivity index (χ2v) is 4.63. The van der Waals surface area contributed by atoms with Crippen molar-refractivity contribution in [1.82, 2.24) is 0 Å². The first-order chi connectivity index (χ1) is 7.65. The van der Waals surface area contributed by atoms with Gasteiger partial charge in [-0.3, -0.25) is 0 Å². The molecule has 16 heavy (non-hydrogen) atoms. The Hall–Kier alpha value is -0.880. The van der Waals surface area contributed by atoms with Crippen LogP contribution in [0.25, 0.3) is 0 Å². The molecule has 1 unspecified atom stereocenters. The number of rotatable bonds is 4. The molecule has 1 nitrogen and oxygen atoms in total. The van der Waals surface area contributed by atoms with Crippen LogP contribution in [-0.4, -0.2) is 0 Å². The fourth-order valence-electron chi connectivity index (χ4n) is 1.89. The standard InChI is InChI=1S/C13H15BrFN/c1-3-5-9(4-2)11-7-6-10(8-16)13(15)12(11)14/h6-7,9H,3-5H2,1-2H3. The molecule has 0 saturated carbocycles. The lowest BCUT2D eigenvalue weighted by Crippen LogP contribution is -2.01. The van der Waals surface area contributed by atoms with Crippen LogP contribution < -0.4 is 0 Å². The summed E-state index contributed by atoms with van der Waals surface area (Å²) in [6.07, 6.45) is 3.10. The highest BCUT2D eigenvalue weighted by Gasteiger charge is 2.16. The predicted octanol–water partition coefficient (Wildman–Crippen LogP) is 4.75. The SMILES string of the molecule is CCCC(CC)c1ccc(C#N)c(F)c1Br. The van der Waals surface area contributed by atoms with Gasteiger partial charge in [0, 0.05) is 0 Å². The average Bonchev–Trinajstić information content (AvgIpc) is 2.30. The second kappa shape index (κ2) is 6.00. The van der Waals surface area contributed by atoms with Gasteiger partial charge in [-0.15, -0.1) is 0 Å². The molecule has 1 rings (SSSR count). The van der Waals surface area contributed by atoms with Crippen molar-refractivity contribution in [2.45, 2.75) is 39.0 Å². The second-order valence-electron chi connectivity index (χ2n) is 3.84. The topological polar surface area (TPSA) is 23.8 Å². The number of nitriles is 1. The van der Waals surface area contributed by atoms with Gasteiger partial charge in [-0.05, 0) is 46.3 Å². The molecule has 86 valence electrons. The molecule has 0 amide bonds. The molecule has 0 heterocycles. The van der Waals surface area contributed by atoms with Gasteiger partial charge in [0.1, 0.15) is 6.07 Å². The fraction of sp³-hybridized carbons (Fsp3) is 0.462. The van der Waals surface area contributed by atoms with Crippen LogP contribution in [0.3, 0.4) is 0 Å². The van der Waals surface area contributed by atoms with Gasteiger partial charge in [-0.2, -0.15) is 5.26 Å². The number of benzene rings is 1. The van der Waals surface area contributed by atoms with Crippen molar-refractivity contribution < 1.29 is 4.39 Å². The van der Waals surface area contributed by atoms with Crippen molar-refractivity contribution in [2.24, 2.45) is 0 Å². The molecule has 0 aliphatic heterocycles. The van der Waals surface area contributed by atoms with E-state index in [0.29, 0.717) is 10.4 Å². The van der Waals surface area contributed by atoms with Gasteiger partial charge in [0.05, 0.1) is 10.0 Å². The highest BCUT2D eigenvalue weighted by Crippen LogP contribution is 2.33. The minimum atomic E-state index is -0.436. The van der Waals surface area contributed by atoms with Crippen molar-refractivity contribution in [1.29, 1.82) is 5.26 Å². The third-order valence-electron chi connectivity index (χ3n) is 2.80. The van der Waals surface area contributed by atoms with E-state index in [4.69, 9.17) is 5.26 Å². The largest absolute Gasteiger partial charge is 0.204 e. The monoisotopic (exact) mass is 283 g/mol. The van der Waals surface area contributed by atoms with E-state index >= 15 is 0 Å².